The molecule has 0 aliphatic rings. The fraction of sp³-hybridized carbons (Fsp3) is 0.500. The van der Waals surface area contributed by atoms with Crippen LogP contribution in [0.25, 0.3) is 0 Å². The summed E-state index contributed by atoms with van der Waals surface area (Å²) in [5, 5.41) is 14.1. The number of anilines is 1. The summed E-state index contributed by atoms with van der Waals surface area (Å²) in [6.07, 6.45) is 5.59. The lowest BCUT2D eigenvalue weighted by atomic mass is 10.4. The Morgan fingerprint density at radius 1 is 1.50 bits per heavy atom. The molecule has 0 saturated carbocycles. The molecule has 0 atom stereocenters. The van der Waals surface area contributed by atoms with Crippen molar-refractivity contribution < 1.29 is 0 Å². The van der Waals surface area contributed by atoms with Gasteiger partial charge in [-0.2, -0.15) is 0 Å². The summed E-state index contributed by atoms with van der Waals surface area (Å²) < 4.78 is 1.83. The monoisotopic (exact) mass is 237 g/mol. The van der Waals surface area contributed by atoms with Gasteiger partial charge in [0, 0.05) is 24.7 Å². The molecule has 2 aromatic heterocycles. The Hall–Kier alpha value is -1.43. The molecule has 0 amide bonds. The van der Waals surface area contributed by atoms with Gasteiger partial charge in [-0.3, -0.25) is 4.68 Å². The van der Waals surface area contributed by atoms with Crippen LogP contribution in [0, 0.1) is 0 Å². The van der Waals surface area contributed by atoms with Gasteiger partial charge in [0.05, 0.1) is 11.9 Å². The van der Waals surface area contributed by atoms with Gasteiger partial charge in [0.1, 0.15) is 0 Å². The van der Waals surface area contributed by atoms with Crippen LogP contribution < -0.4 is 5.32 Å². The maximum Gasteiger partial charge on any atom is 0.182 e. The summed E-state index contributed by atoms with van der Waals surface area (Å²) in [6, 6.07) is 0. The van der Waals surface area contributed by atoms with E-state index < -0.39 is 0 Å². The highest BCUT2D eigenvalue weighted by Gasteiger charge is 1.99. The van der Waals surface area contributed by atoms with E-state index in [0.717, 1.165) is 36.8 Å². The molecule has 0 saturated heterocycles. The molecule has 2 heterocycles. The van der Waals surface area contributed by atoms with Gasteiger partial charge in [0.2, 0.25) is 0 Å². The van der Waals surface area contributed by atoms with Crippen molar-refractivity contribution in [2.75, 3.05) is 11.9 Å². The minimum absolute atomic E-state index is 0.888. The standard InChI is InChI=1S/C10H15N5S/c1-2-9-8-16-10(13-9)11-4-3-6-15-7-5-12-14-15/h5,7-8H,2-4,6H2,1H3,(H,11,13). The number of hydrogen-bond donors (Lipinski definition) is 1. The van der Waals surface area contributed by atoms with E-state index >= 15 is 0 Å². The van der Waals surface area contributed by atoms with Crippen molar-refractivity contribution in [2.45, 2.75) is 26.3 Å². The number of nitrogens with zero attached hydrogens (tertiary/aromatic N) is 4. The molecule has 0 aliphatic heterocycles. The highest BCUT2D eigenvalue weighted by molar-refractivity contribution is 7.13. The minimum atomic E-state index is 0.888. The Kier molecular flexibility index (Phi) is 3.87. The van der Waals surface area contributed by atoms with Crippen LogP contribution in [0.2, 0.25) is 0 Å². The Labute approximate surface area is 98.5 Å². The summed E-state index contributed by atoms with van der Waals surface area (Å²) in [7, 11) is 0. The molecule has 0 spiro atoms. The second-order valence-electron chi connectivity index (χ2n) is 3.44. The van der Waals surface area contributed by atoms with E-state index in [1.807, 2.05) is 10.9 Å². The first-order chi connectivity index (χ1) is 7.88. The molecule has 86 valence electrons. The number of nitrogens with one attached hydrogen (secondary N) is 1. The molecule has 0 fully saturated rings. The molecular weight excluding hydrogens is 222 g/mol. The third-order valence-electron chi connectivity index (χ3n) is 2.23. The van der Waals surface area contributed by atoms with E-state index in [9.17, 15) is 0 Å². The van der Waals surface area contributed by atoms with Crippen molar-refractivity contribution in [3.05, 3.63) is 23.5 Å². The van der Waals surface area contributed by atoms with E-state index in [-0.39, 0.29) is 0 Å². The van der Waals surface area contributed by atoms with Gasteiger partial charge < -0.3 is 5.32 Å². The zero-order valence-corrected chi connectivity index (χ0v) is 10.1. The predicted octanol–water partition coefficient (Wildman–Crippen LogP) is 1.80. The van der Waals surface area contributed by atoms with E-state index in [1.165, 1.54) is 0 Å². The Balaban J connectivity index is 1.68. The highest BCUT2D eigenvalue weighted by atomic mass is 32.1. The summed E-state index contributed by atoms with van der Waals surface area (Å²) in [6.45, 7) is 3.92. The normalized spacial score (nSPS) is 10.6. The average Bonchev–Trinajstić information content (AvgIpc) is 2.95. The predicted molar refractivity (Wildman–Crippen MR) is 64.6 cm³/mol. The third kappa shape index (κ3) is 3.03. The first-order valence-electron chi connectivity index (χ1n) is 5.41. The average molecular weight is 237 g/mol. The smallest absolute Gasteiger partial charge is 0.182 e. The second-order valence-corrected chi connectivity index (χ2v) is 4.30. The molecule has 2 rings (SSSR count). The number of aromatic nitrogens is 4. The summed E-state index contributed by atoms with van der Waals surface area (Å²) >= 11 is 1.67. The number of hydrogen-bond acceptors (Lipinski definition) is 5. The van der Waals surface area contributed by atoms with E-state index in [4.69, 9.17) is 0 Å². The van der Waals surface area contributed by atoms with E-state index in [2.05, 4.69) is 32.9 Å². The van der Waals surface area contributed by atoms with Gasteiger partial charge in [0.25, 0.3) is 0 Å². The number of aryl methyl sites for hydroxylation is 2. The quantitative estimate of drug-likeness (QED) is 0.778. The van der Waals surface area contributed by atoms with Gasteiger partial charge in [-0.05, 0) is 12.8 Å². The molecule has 16 heavy (non-hydrogen) atoms. The van der Waals surface area contributed by atoms with Gasteiger partial charge in [-0.15, -0.1) is 16.4 Å². The van der Waals surface area contributed by atoms with Crippen LogP contribution in [-0.2, 0) is 13.0 Å². The van der Waals surface area contributed by atoms with Crippen LogP contribution in [0.3, 0.4) is 0 Å². The zero-order chi connectivity index (χ0) is 11.2. The molecule has 0 radical (unpaired) electrons. The summed E-state index contributed by atoms with van der Waals surface area (Å²) in [5.74, 6) is 0. The SMILES string of the molecule is CCc1csc(NCCCn2ccnn2)n1. The van der Waals surface area contributed by atoms with Crippen molar-refractivity contribution >= 4 is 16.5 Å². The van der Waals surface area contributed by atoms with Crippen molar-refractivity contribution in [1.29, 1.82) is 0 Å². The topological polar surface area (TPSA) is 55.6 Å². The molecule has 6 heteroatoms. The van der Waals surface area contributed by atoms with Crippen molar-refractivity contribution in [3.63, 3.8) is 0 Å². The largest absolute Gasteiger partial charge is 0.361 e. The minimum Gasteiger partial charge on any atom is -0.361 e. The molecule has 2 aromatic rings. The maximum atomic E-state index is 4.44. The van der Waals surface area contributed by atoms with E-state index in [1.54, 1.807) is 17.5 Å². The second kappa shape index (κ2) is 5.60. The van der Waals surface area contributed by atoms with Gasteiger partial charge in [-0.1, -0.05) is 12.1 Å². The molecule has 0 aliphatic carbocycles. The Morgan fingerprint density at radius 2 is 2.44 bits per heavy atom. The van der Waals surface area contributed by atoms with Crippen LogP contribution in [0.1, 0.15) is 19.0 Å². The van der Waals surface area contributed by atoms with Gasteiger partial charge in [-0.25, -0.2) is 4.98 Å². The highest BCUT2D eigenvalue weighted by Crippen LogP contribution is 2.15. The van der Waals surface area contributed by atoms with Crippen LogP contribution in [0.5, 0.6) is 0 Å². The van der Waals surface area contributed by atoms with Gasteiger partial charge >= 0.3 is 0 Å². The summed E-state index contributed by atoms with van der Waals surface area (Å²) in [5.41, 5.74) is 1.16. The molecular formula is C10H15N5S. The Bertz CT molecular complexity index is 409. The Morgan fingerprint density at radius 3 is 3.12 bits per heavy atom. The lowest BCUT2D eigenvalue weighted by Crippen LogP contribution is -2.07. The summed E-state index contributed by atoms with van der Waals surface area (Å²) in [4.78, 5) is 4.44. The van der Waals surface area contributed by atoms with Crippen molar-refractivity contribution in [2.24, 2.45) is 0 Å². The third-order valence-corrected chi connectivity index (χ3v) is 3.07. The lowest BCUT2D eigenvalue weighted by molar-refractivity contribution is 0.569. The first-order valence-corrected chi connectivity index (χ1v) is 6.29. The van der Waals surface area contributed by atoms with Crippen LogP contribution in [0.4, 0.5) is 5.13 Å². The van der Waals surface area contributed by atoms with Crippen LogP contribution in [-0.4, -0.2) is 26.5 Å². The van der Waals surface area contributed by atoms with Crippen LogP contribution in [0.15, 0.2) is 17.8 Å². The van der Waals surface area contributed by atoms with E-state index in [0.29, 0.717) is 0 Å². The van der Waals surface area contributed by atoms with Crippen molar-refractivity contribution in [3.8, 4) is 0 Å². The fourth-order valence-electron chi connectivity index (χ4n) is 1.34. The molecule has 0 aromatic carbocycles. The molecule has 0 bridgehead atoms. The molecule has 1 N–H and O–H groups in total. The van der Waals surface area contributed by atoms with Crippen molar-refractivity contribution in [1.82, 2.24) is 20.0 Å². The maximum absolute atomic E-state index is 4.44. The number of thiazole rings is 1. The van der Waals surface area contributed by atoms with Gasteiger partial charge in [0.15, 0.2) is 5.13 Å². The first kappa shape index (κ1) is 11.1. The number of rotatable bonds is 6. The van der Waals surface area contributed by atoms with Crippen LogP contribution >= 0.6 is 11.3 Å². The molecule has 0 unspecified atom stereocenters. The lowest BCUT2D eigenvalue weighted by Gasteiger charge is -2.02. The zero-order valence-electron chi connectivity index (χ0n) is 9.26. The fourth-order valence-corrected chi connectivity index (χ4v) is 2.16. The molecule has 5 nitrogen and oxygen atoms in total.